The lowest BCUT2D eigenvalue weighted by Gasteiger charge is -2.32. The maximum Gasteiger partial charge on any atom is 0.310 e. The van der Waals surface area contributed by atoms with Gasteiger partial charge in [0.2, 0.25) is 0 Å². The maximum atomic E-state index is 13.1. The summed E-state index contributed by atoms with van der Waals surface area (Å²) in [6.45, 7) is 10.9. The fourth-order valence-corrected chi connectivity index (χ4v) is 5.21. The van der Waals surface area contributed by atoms with Crippen LogP contribution >= 0.6 is 11.8 Å². The van der Waals surface area contributed by atoms with Crippen molar-refractivity contribution >= 4 is 34.9 Å². The molecule has 1 saturated heterocycles. The van der Waals surface area contributed by atoms with Crippen molar-refractivity contribution in [1.82, 2.24) is 4.90 Å². The van der Waals surface area contributed by atoms with Crippen LogP contribution < -0.4 is 0 Å². The monoisotopic (exact) mass is 482 g/mol. The van der Waals surface area contributed by atoms with Gasteiger partial charge in [0.15, 0.2) is 0 Å². The van der Waals surface area contributed by atoms with Gasteiger partial charge in [-0.25, -0.2) is 0 Å². The molecule has 0 aliphatic carbocycles. The van der Waals surface area contributed by atoms with Gasteiger partial charge in [0, 0.05) is 29.6 Å². The summed E-state index contributed by atoms with van der Waals surface area (Å²) in [5, 5.41) is 11.9. The third-order valence-corrected chi connectivity index (χ3v) is 7.01. The average molecular weight is 483 g/mol. The fourth-order valence-electron chi connectivity index (χ4n) is 4.03. The Morgan fingerprint density at radius 2 is 1.97 bits per heavy atom. The average Bonchev–Trinajstić information content (AvgIpc) is 2.83. The van der Waals surface area contributed by atoms with Crippen molar-refractivity contribution < 1.29 is 19.2 Å². The number of nitro groups is 1. The number of benzene rings is 2. The van der Waals surface area contributed by atoms with Gasteiger partial charge in [-0.3, -0.25) is 19.7 Å². The van der Waals surface area contributed by atoms with E-state index in [1.165, 1.54) is 17.8 Å². The number of piperidine rings is 1. The molecule has 0 radical (unpaired) electrons. The van der Waals surface area contributed by atoms with Gasteiger partial charge in [-0.1, -0.05) is 56.5 Å². The molecule has 1 fully saturated rings. The topological polar surface area (TPSA) is 89.8 Å². The van der Waals surface area contributed by atoms with Gasteiger partial charge >= 0.3 is 5.97 Å². The molecule has 2 aromatic carbocycles. The first-order chi connectivity index (χ1) is 16.2. The van der Waals surface area contributed by atoms with Crippen molar-refractivity contribution in [3.63, 3.8) is 0 Å². The van der Waals surface area contributed by atoms with Crippen LogP contribution in [0.5, 0.6) is 0 Å². The number of likely N-dealkylation sites (tertiary alicyclic amines) is 1. The minimum atomic E-state index is -0.431. The summed E-state index contributed by atoms with van der Waals surface area (Å²) in [6.07, 6.45) is 1.36. The van der Waals surface area contributed by atoms with Crippen LogP contribution in [-0.4, -0.2) is 41.4 Å². The lowest BCUT2D eigenvalue weighted by atomic mass is 9.96. The van der Waals surface area contributed by atoms with E-state index < -0.39 is 4.92 Å². The third-order valence-electron chi connectivity index (χ3n) is 5.85. The summed E-state index contributed by atoms with van der Waals surface area (Å²) in [4.78, 5) is 39.7. The summed E-state index contributed by atoms with van der Waals surface area (Å²) < 4.78 is 5.11. The van der Waals surface area contributed by atoms with Crippen LogP contribution in [0.4, 0.5) is 5.69 Å². The number of nitrogens with zero attached hydrogens (tertiary/aromatic N) is 2. The number of carbonyl (C=O) groups excluding carboxylic acids is 2. The molecule has 0 saturated carbocycles. The van der Waals surface area contributed by atoms with E-state index in [-0.39, 0.29) is 41.5 Å². The standard InChI is InChI=1S/C26H30N2O5S/c1-5-33-26(30)20-9-8-14-27(16-20)25(29)18(4)19-12-13-24(22(15-19)28(31)32)34-23-11-7-6-10-21(23)17(2)3/h6-7,10-13,15,17,20H,4-5,8-9,14,16H2,1-3H3. The number of rotatable bonds is 8. The number of hydrogen-bond donors (Lipinski definition) is 0. The number of carbonyl (C=O) groups is 2. The van der Waals surface area contributed by atoms with Gasteiger partial charge in [0.25, 0.3) is 11.6 Å². The summed E-state index contributed by atoms with van der Waals surface area (Å²) in [5.74, 6) is -0.708. The molecule has 0 bridgehead atoms. The second kappa shape index (κ2) is 11.3. The Kier molecular flexibility index (Phi) is 8.50. The Hall–Kier alpha value is -3.13. The first-order valence-electron chi connectivity index (χ1n) is 11.4. The van der Waals surface area contributed by atoms with Gasteiger partial charge in [-0.05, 0) is 48.9 Å². The molecule has 1 aliphatic rings. The van der Waals surface area contributed by atoms with Crippen LogP contribution in [0.1, 0.15) is 50.7 Å². The van der Waals surface area contributed by atoms with Crippen molar-refractivity contribution in [3.8, 4) is 0 Å². The van der Waals surface area contributed by atoms with E-state index in [0.29, 0.717) is 36.5 Å². The van der Waals surface area contributed by atoms with Crippen LogP contribution in [0.15, 0.2) is 58.8 Å². The molecular formula is C26H30N2O5S. The largest absolute Gasteiger partial charge is 0.466 e. The summed E-state index contributed by atoms with van der Waals surface area (Å²) >= 11 is 1.34. The highest BCUT2D eigenvalue weighted by Crippen LogP contribution is 2.39. The fraction of sp³-hybridized carbons (Fsp3) is 0.385. The van der Waals surface area contributed by atoms with Crippen molar-refractivity contribution in [3.05, 3.63) is 70.3 Å². The molecule has 1 aliphatic heterocycles. The molecule has 8 heteroatoms. The minimum absolute atomic E-state index is 0.0712. The SMILES string of the molecule is C=C(C(=O)N1CCCC(C(=O)OCC)C1)c1ccc(Sc2ccccc2C(C)C)c([N+](=O)[O-])c1. The molecule has 1 atom stereocenters. The maximum absolute atomic E-state index is 13.1. The lowest BCUT2D eigenvalue weighted by Crippen LogP contribution is -2.43. The Morgan fingerprint density at radius 1 is 1.24 bits per heavy atom. The zero-order chi connectivity index (χ0) is 24.8. The van der Waals surface area contributed by atoms with Gasteiger partial charge in [-0.15, -0.1) is 0 Å². The van der Waals surface area contributed by atoms with E-state index in [9.17, 15) is 19.7 Å². The van der Waals surface area contributed by atoms with Crippen molar-refractivity contribution in [2.75, 3.05) is 19.7 Å². The predicted octanol–water partition coefficient (Wildman–Crippen LogP) is 5.68. The normalized spacial score (nSPS) is 15.8. The third kappa shape index (κ3) is 5.86. The second-order valence-corrected chi connectivity index (χ2v) is 9.64. The van der Waals surface area contributed by atoms with E-state index in [1.54, 1.807) is 24.0 Å². The molecule has 180 valence electrons. The van der Waals surface area contributed by atoms with Crippen LogP contribution in [0.3, 0.4) is 0 Å². The molecule has 0 spiro atoms. The van der Waals surface area contributed by atoms with Crippen LogP contribution in [-0.2, 0) is 14.3 Å². The van der Waals surface area contributed by atoms with E-state index in [0.717, 1.165) is 10.5 Å². The molecule has 1 amide bonds. The quantitative estimate of drug-likeness (QED) is 0.208. The van der Waals surface area contributed by atoms with Crippen LogP contribution in [0.25, 0.3) is 5.57 Å². The smallest absolute Gasteiger partial charge is 0.310 e. The van der Waals surface area contributed by atoms with E-state index in [2.05, 4.69) is 20.4 Å². The molecule has 1 heterocycles. The Morgan fingerprint density at radius 3 is 2.65 bits per heavy atom. The number of hydrogen-bond acceptors (Lipinski definition) is 6. The highest BCUT2D eigenvalue weighted by molar-refractivity contribution is 7.99. The number of esters is 1. The highest BCUT2D eigenvalue weighted by Gasteiger charge is 2.31. The first-order valence-corrected chi connectivity index (χ1v) is 12.2. The zero-order valence-corrected chi connectivity index (χ0v) is 20.6. The van der Waals surface area contributed by atoms with Gasteiger partial charge in [-0.2, -0.15) is 0 Å². The van der Waals surface area contributed by atoms with E-state index in [1.807, 2.05) is 24.3 Å². The Labute approximate surface area is 204 Å². The van der Waals surface area contributed by atoms with Crippen molar-refractivity contribution in [2.45, 2.75) is 49.3 Å². The highest BCUT2D eigenvalue weighted by atomic mass is 32.2. The molecule has 7 nitrogen and oxygen atoms in total. The molecule has 2 aromatic rings. The van der Waals surface area contributed by atoms with Crippen LogP contribution in [0, 0.1) is 16.0 Å². The molecular weight excluding hydrogens is 452 g/mol. The van der Waals surface area contributed by atoms with E-state index in [4.69, 9.17) is 4.74 Å². The number of ether oxygens (including phenoxy) is 1. The van der Waals surface area contributed by atoms with Crippen molar-refractivity contribution in [2.24, 2.45) is 5.92 Å². The first kappa shape index (κ1) is 25.5. The molecule has 34 heavy (non-hydrogen) atoms. The molecule has 3 rings (SSSR count). The minimum Gasteiger partial charge on any atom is -0.466 e. The predicted molar refractivity (Wildman–Crippen MR) is 133 cm³/mol. The van der Waals surface area contributed by atoms with Gasteiger partial charge in [0.1, 0.15) is 0 Å². The summed E-state index contributed by atoms with van der Waals surface area (Å²) in [7, 11) is 0. The number of nitro benzene ring substituents is 1. The van der Waals surface area contributed by atoms with Crippen molar-refractivity contribution in [1.29, 1.82) is 0 Å². The van der Waals surface area contributed by atoms with Crippen LogP contribution in [0.2, 0.25) is 0 Å². The molecule has 0 N–H and O–H groups in total. The number of amides is 1. The molecule has 0 aromatic heterocycles. The zero-order valence-electron chi connectivity index (χ0n) is 19.8. The summed E-state index contributed by atoms with van der Waals surface area (Å²) in [6, 6.07) is 12.6. The Bertz CT molecular complexity index is 1100. The second-order valence-electron chi connectivity index (χ2n) is 8.56. The Balaban J connectivity index is 1.82. The van der Waals surface area contributed by atoms with Gasteiger partial charge in [0.05, 0.1) is 22.3 Å². The van der Waals surface area contributed by atoms with Gasteiger partial charge < -0.3 is 9.64 Å². The lowest BCUT2D eigenvalue weighted by molar-refractivity contribution is -0.387. The van der Waals surface area contributed by atoms with E-state index >= 15 is 0 Å². The molecule has 1 unspecified atom stereocenters. The summed E-state index contributed by atoms with van der Waals surface area (Å²) in [5.41, 5.74) is 1.62.